The van der Waals surface area contributed by atoms with Crippen molar-refractivity contribution in [2.45, 2.75) is 34.5 Å². The average Bonchev–Trinajstić information content (AvgIpc) is 2.67. The molecule has 0 saturated heterocycles. The largest absolute Gasteiger partial charge is 0.433 e. The number of ether oxygens (including phenoxy) is 2. The van der Waals surface area contributed by atoms with Crippen molar-refractivity contribution in [1.82, 2.24) is 0 Å². The molecule has 1 aromatic carbocycles. The van der Waals surface area contributed by atoms with E-state index in [0.717, 1.165) is 0 Å². The third kappa shape index (κ3) is 7.08. The Hall–Kier alpha value is 2.96. The van der Waals surface area contributed by atoms with Crippen LogP contribution in [0.25, 0.3) is 0 Å². The second-order valence-corrected chi connectivity index (χ2v) is 18.7. The second-order valence-electron chi connectivity index (χ2n) is 7.85. The fourth-order valence-corrected chi connectivity index (χ4v) is 7.67. The van der Waals surface area contributed by atoms with Crippen LogP contribution in [0.2, 0.25) is 0 Å². The molecule has 0 amide bonds. The lowest BCUT2D eigenvalue weighted by Crippen LogP contribution is -2.40. The van der Waals surface area contributed by atoms with Crippen molar-refractivity contribution in [2.24, 2.45) is 10.8 Å². The highest BCUT2D eigenvalue weighted by molar-refractivity contribution is 9.25. The summed E-state index contributed by atoms with van der Waals surface area (Å²) in [5, 5.41) is 1.04. The molecule has 0 saturated carbocycles. The zero-order chi connectivity index (χ0) is 25.4. The van der Waals surface area contributed by atoms with Crippen LogP contribution in [-0.2, 0) is 9.47 Å². The predicted octanol–water partition coefficient (Wildman–Crippen LogP) is 10.8. The van der Waals surface area contributed by atoms with Gasteiger partial charge in [0.1, 0.15) is 0 Å². The zero-order valence-corrected chi connectivity index (χ0v) is 32.7. The van der Waals surface area contributed by atoms with E-state index < -0.39 is 29.6 Å². The molecule has 0 radical (unpaired) electrons. The number of carbonyl (C=O) groups excluding carboxylic acids is 2. The summed E-state index contributed by atoms with van der Waals surface area (Å²) in [4.78, 5) is 26.8. The Labute approximate surface area is 271 Å². The number of rotatable bonds is 8. The van der Waals surface area contributed by atoms with Crippen molar-refractivity contribution in [3.05, 3.63) is 29.0 Å². The molecule has 0 heterocycles. The highest BCUT2D eigenvalue weighted by Gasteiger charge is 2.47. The normalized spacial score (nSPS) is 13.2. The lowest BCUT2D eigenvalue weighted by Gasteiger charge is -2.37. The van der Waals surface area contributed by atoms with E-state index in [-0.39, 0.29) is 11.1 Å². The summed E-state index contributed by atoms with van der Waals surface area (Å²) < 4.78 is 10.8. The SMILES string of the molecule is CC(C)(CBr)C(Br)(Br)OC(=O)c1c(Br)c(Br)c(Br)c(Br)c1C(=O)OC(Br)(Br)C(C)(C)CBr. The van der Waals surface area contributed by atoms with Gasteiger partial charge in [-0.3, -0.25) is 0 Å². The van der Waals surface area contributed by atoms with Crippen LogP contribution in [0.3, 0.4) is 0 Å². The summed E-state index contributed by atoms with van der Waals surface area (Å²) in [5.74, 6) is -1.51. The number of alkyl halides is 6. The molecule has 4 nitrogen and oxygen atoms in total. The minimum Gasteiger partial charge on any atom is -0.433 e. The Kier molecular flexibility index (Phi) is 12.6. The number of halogens is 10. The fraction of sp³-hybridized carbons (Fsp3) is 0.556. The summed E-state index contributed by atoms with van der Waals surface area (Å²) in [6.45, 7) is 7.57. The van der Waals surface area contributed by atoms with Crippen LogP contribution in [0.15, 0.2) is 17.9 Å². The zero-order valence-electron chi connectivity index (χ0n) is 16.8. The molecule has 182 valence electrons. The molecular weight excluding hydrogens is 1080 g/mol. The molecule has 0 atom stereocenters. The van der Waals surface area contributed by atoms with Gasteiger partial charge in [0.05, 0.1) is 11.1 Å². The van der Waals surface area contributed by atoms with E-state index >= 15 is 0 Å². The third-order valence-electron chi connectivity index (χ3n) is 4.36. The quantitative estimate of drug-likeness (QED) is 0.113. The number of benzene rings is 1. The van der Waals surface area contributed by atoms with Gasteiger partial charge in [-0.05, 0) is 127 Å². The maximum Gasteiger partial charge on any atom is 0.342 e. The molecule has 32 heavy (non-hydrogen) atoms. The van der Waals surface area contributed by atoms with Gasteiger partial charge in [0, 0.05) is 39.4 Å². The lowest BCUT2D eigenvalue weighted by molar-refractivity contribution is 0.0178. The van der Waals surface area contributed by atoms with E-state index in [9.17, 15) is 9.59 Å². The van der Waals surface area contributed by atoms with Crippen molar-refractivity contribution < 1.29 is 19.1 Å². The van der Waals surface area contributed by atoms with Crippen LogP contribution in [0.4, 0.5) is 0 Å². The summed E-state index contributed by atoms with van der Waals surface area (Å²) in [6, 6.07) is 0. The van der Waals surface area contributed by atoms with Gasteiger partial charge in [-0.15, -0.1) is 0 Å². The van der Waals surface area contributed by atoms with Gasteiger partial charge >= 0.3 is 11.9 Å². The standard InChI is InChI=1S/C18H16Br10O4/c1-15(2,5-19)17(25,26)31-13(29)7-8(10(22)12(24)11(23)9(7)21)14(30)32-18(27,28)16(3,4)6-20/h5-6H2,1-4H3. The minimum absolute atomic E-state index is 0.0157. The Balaban J connectivity index is 3.65. The van der Waals surface area contributed by atoms with Gasteiger partial charge in [-0.2, -0.15) is 0 Å². The first-order valence-corrected chi connectivity index (χ1v) is 17.1. The molecule has 0 N–H and O–H groups in total. The van der Waals surface area contributed by atoms with Crippen LogP contribution in [0, 0.1) is 10.8 Å². The number of hydrogen-bond donors (Lipinski definition) is 0. The van der Waals surface area contributed by atoms with E-state index in [1.54, 1.807) is 0 Å². The first-order chi connectivity index (χ1) is 14.3. The molecule has 14 heteroatoms. The number of esters is 2. The van der Waals surface area contributed by atoms with Crippen LogP contribution in [0.5, 0.6) is 0 Å². The first-order valence-electron chi connectivity index (χ1n) is 8.48. The van der Waals surface area contributed by atoms with Crippen molar-refractivity contribution in [1.29, 1.82) is 0 Å². The van der Waals surface area contributed by atoms with E-state index in [1.807, 2.05) is 27.7 Å². The highest BCUT2D eigenvalue weighted by Crippen LogP contribution is 2.50. The van der Waals surface area contributed by atoms with E-state index in [0.29, 0.717) is 28.6 Å². The molecule has 1 aromatic rings. The van der Waals surface area contributed by atoms with E-state index in [1.165, 1.54) is 0 Å². The van der Waals surface area contributed by atoms with Gasteiger partial charge in [-0.1, -0.05) is 59.6 Å². The maximum absolute atomic E-state index is 13.4. The Morgan fingerprint density at radius 3 is 1.09 bits per heavy atom. The van der Waals surface area contributed by atoms with Crippen molar-refractivity contribution in [3.63, 3.8) is 0 Å². The fourth-order valence-electron chi connectivity index (χ4n) is 1.78. The van der Waals surface area contributed by atoms with Crippen LogP contribution in [-0.4, -0.2) is 29.4 Å². The molecular formula is C18H16Br10O4. The van der Waals surface area contributed by atoms with Gasteiger partial charge in [0.15, 0.2) is 0 Å². The Morgan fingerprint density at radius 1 is 0.625 bits per heavy atom. The molecule has 0 unspecified atom stereocenters. The monoisotopic (exact) mass is 1090 g/mol. The lowest BCUT2D eigenvalue weighted by atomic mass is 9.98. The Morgan fingerprint density at radius 2 is 0.875 bits per heavy atom. The van der Waals surface area contributed by atoms with Gasteiger partial charge in [0.2, 0.25) is 6.84 Å². The predicted molar refractivity (Wildman–Crippen MR) is 164 cm³/mol. The smallest absolute Gasteiger partial charge is 0.342 e. The van der Waals surface area contributed by atoms with Crippen molar-refractivity contribution >= 4 is 171 Å². The molecule has 0 spiro atoms. The molecule has 0 bridgehead atoms. The van der Waals surface area contributed by atoms with Crippen LogP contribution < -0.4 is 0 Å². The number of carbonyl (C=O) groups is 2. The van der Waals surface area contributed by atoms with Crippen LogP contribution >= 0.6 is 159 Å². The summed E-state index contributed by atoms with van der Waals surface area (Å²) in [5.41, 5.74) is -1.11. The molecule has 1 rings (SSSR count). The maximum atomic E-state index is 13.4. The van der Waals surface area contributed by atoms with E-state index in [4.69, 9.17) is 9.47 Å². The highest BCUT2D eigenvalue weighted by atomic mass is 79.9. The second kappa shape index (κ2) is 12.2. The van der Waals surface area contributed by atoms with E-state index in [2.05, 4.69) is 159 Å². The van der Waals surface area contributed by atoms with Crippen molar-refractivity contribution in [2.75, 3.05) is 10.7 Å². The van der Waals surface area contributed by atoms with Gasteiger partial charge in [0.25, 0.3) is 0 Å². The summed E-state index contributed by atoms with van der Waals surface area (Å²) in [7, 11) is 0. The summed E-state index contributed by atoms with van der Waals surface area (Å²) in [6.07, 6.45) is 0. The van der Waals surface area contributed by atoms with Crippen molar-refractivity contribution in [3.8, 4) is 0 Å². The average molecular weight is 1100 g/mol. The van der Waals surface area contributed by atoms with Gasteiger partial charge in [-0.25, -0.2) is 9.59 Å². The molecule has 0 aliphatic heterocycles. The molecule has 0 fully saturated rings. The minimum atomic E-state index is -1.22. The third-order valence-corrected chi connectivity index (χ3v) is 16.9. The first kappa shape index (κ1) is 33.0. The molecule has 0 aliphatic carbocycles. The topological polar surface area (TPSA) is 52.6 Å². The van der Waals surface area contributed by atoms with Crippen LogP contribution in [0.1, 0.15) is 48.4 Å². The Bertz CT molecular complexity index is 839. The molecule has 0 aromatic heterocycles. The molecule has 0 aliphatic rings. The van der Waals surface area contributed by atoms with Gasteiger partial charge < -0.3 is 9.47 Å². The summed E-state index contributed by atoms with van der Waals surface area (Å²) >= 11 is 34.3. The number of hydrogen-bond acceptors (Lipinski definition) is 4.